The third kappa shape index (κ3) is 3.65. The van der Waals surface area contributed by atoms with Crippen LogP contribution in [0.5, 0.6) is 5.75 Å². The average Bonchev–Trinajstić information content (AvgIpc) is 3.01. The van der Waals surface area contributed by atoms with Crippen LogP contribution in [0.25, 0.3) is 0 Å². The van der Waals surface area contributed by atoms with Crippen molar-refractivity contribution < 1.29 is 9.53 Å². The monoisotopic (exact) mass is 333 g/mol. The van der Waals surface area contributed by atoms with Crippen LogP contribution in [-0.4, -0.2) is 29.7 Å². The molecule has 0 unspecified atom stereocenters. The van der Waals surface area contributed by atoms with Gasteiger partial charge in [-0.25, -0.2) is 0 Å². The molecule has 0 spiro atoms. The minimum Gasteiger partial charge on any atom is -0.494 e. The molecule has 0 atom stereocenters. The lowest BCUT2D eigenvalue weighted by molar-refractivity contribution is -0.129. The summed E-state index contributed by atoms with van der Waals surface area (Å²) in [6, 6.07) is 10.1. The molecule has 1 aromatic heterocycles. The van der Waals surface area contributed by atoms with Crippen molar-refractivity contribution >= 4 is 29.0 Å². The van der Waals surface area contributed by atoms with Crippen molar-refractivity contribution in [2.75, 3.05) is 18.9 Å². The topological polar surface area (TPSA) is 29.5 Å². The maximum Gasteiger partial charge on any atom is 0.233 e. The molecule has 5 heteroatoms. The number of thioether (sulfide) groups is 1. The van der Waals surface area contributed by atoms with E-state index in [0.717, 1.165) is 30.2 Å². The van der Waals surface area contributed by atoms with Crippen LogP contribution in [0, 0.1) is 0 Å². The van der Waals surface area contributed by atoms with Crippen molar-refractivity contribution in [2.24, 2.45) is 0 Å². The first-order chi connectivity index (χ1) is 10.8. The first-order valence-electron chi connectivity index (χ1n) is 7.45. The molecule has 1 aliphatic heterocycles. The number of amides is 1. The number of carbonyl (C=O) groups excluding carboxylic acids is 1. The molecule has 0 bridgehead atoms. The van der Waals surface area contributed by atoms with E-state index < -0.39 is 0 Å². The molecule has 116 valence electrons. The van der Waals surface area contributed by atoms with Crippen LogP contribution in [0.15, 0.2) is 40.6 Å². The second-order valence-corrected chi connectivity index (χ2v) is 7.18. The highest BCUT2D eigenvalue weighted by Crippen LogP contribution is 2.26. The molecule has 0 saturated carbocycles. The van der Waals surface area contributed by atoms with Crippen LogP contribution in [0.3, 0.4) is 0 Å². The standard InChI is InChI=1S/C17H19NO2S2/c1-2-20-14-3-5-15(6-4-14)22-12-17(19)18-9-7-16-13(11-18)8-10-21-16/h3-6,8,10H,2,7,9,11-12H2,1H3. The second kappa shape index (κ2) is 7.20. The Kier molecular flexibility index (Phi) is 5.05. The number of hydrogen-bond acceptors (Lipinski definition) is 4. The van der Waals surface area contributed by atoms with E-state index in [-0.39, 0.29) is 5.91 Å². The molecule has 0 N–H and O–H groups in total. The molecule has 1 amide bonds. The maximum absolute atomic E-state index is 12.4. The third-order valence-corrected chi connectivity index (χ3v) is 5.68. The quantitative estimate of drug-likeness (QED) is 0.779. The van der Waals surface area contributed by atoms with Gasteiger partial charge in [0.1, 0.15) is 5.75 Å². The summed E-state index contributed by atoms with van der Waals surface area (Å²) >= 11 is 3.39. The van der Waals surface area contributed by atoms with Crippen LogP contribution in [0.4, 0.5) is 0 Å². The number of thiophene rings is 1. The normalized spacial score (nSPS) is 13.8. The van der Waals surface area contributed by atoms with Crippen LogP contribution in [0.1, 0.15) is 17.4 Å². The lowest BCUT2D eigenvalue weighted by Gasteiger charge is -2.26. The van der Waals surface area contributed by atoms with Gasteiger partial charge < -0.3 is 9.64 Å². The number of ether oxygens (including phenoxy) is 1. The van der Waals surface area contributed by atoms with Gasteiger partial charge in [0.2, 0.25) is 5.91 Å². The molecule has 0 aliphatic carbocycles. The fourth-order valence-electron chi connectivity index (χ4n) is 2.50. The van der Waals surface area contributed by atoms with E-state index in [1.54, 1.807) is 23.1 Å². The summed E-state index contributed by atoms with van der Waals surface area (Å²) in [5, 5.41) is 2.12. The summed E-state index contributed by atoms with van der Waals surface area (Å²) in [7, 11) is 0. The van der Waals surface area contributed by atoms with Gasteiger partial charge in [-0.05, 0) is 54.6 Å². The zero-order valence-electron chi connectivity index (χ0n) is 12.6. The predicted molar refractivity (Wildman–Crippen MR) is 91.8 cm³/mol. The number of hydrogen-bond donors (Lipinski definition) is 0. The average molecular weight is 333 g/mol. The van der Waals surface area contributed by atoms with Gasteiger partial charge in [0.15, 0.2) is 0 Å². The Labute approximate surface area is 139 Å². The molecule has 2 aromatic rings. The van der Waals surface area contributed by atoms with E-state index in [4.69, 9.17) is 4.74 Å². The zero-order chi connectivity index (χ0) is 15.4. The minimum absolute atomic E-state index is 0.218. The third-order valence-electron chi connectivity index (χ3n) is 3.66. The van der Waals surface area contributed by atoms with Gasteiger partial charge in [-0.3, -0.25) is 4.79 Å². The van der Waals surface area contributed by atoms with Gasteiger partial charge in [0.25, 0.3) is 0 Å². The fourth-order valence-corrected chi connectivity index (χ4v) is 4.19. The molecule has 2 heterocycles. The molecule has 3 nitrogen and oxygen atoms in total. The minimum atomic E-state index is 0.218. The van der Waals surface area contributed by atoms with Gasteiger partial charge in [-0.15, -0.1) is 23.1 Å². The zero-order valence-corrected chi connectivity index (χ0v) is 14.2. The van der Waals surface area contributed by atoms with Crippen molar-refractivity contribution in [3.63, 3.8) is 0 Å². The Hall–Kier alpha value is -1.46. The van der Waals surface area contributed by atoms with Crippen molar-refractivity contribution in [1.82, 2.24) is 4.90 Å². The predicted octanol–water partition coefficient (Wildman–Crippen LogP) is 3.82. The largest absolute Gasteiger partial charge is 0.494 e. The van der Waals surface area contributed by atoms with Crippen molar-refractivity contribution in [3.05, 3.63) is 46.2 Å². The molecule has 1 aliphatic rings. The Balaban J connectivity index is 1.52. The van der Waals surface area contributed by atoms with Gasteiger partial charge in [0.05, 0.1) is 12.4 Å². The number of benzene rings is 1. The Morgan fingerprint density at radius 3 is 2.91 bits per heavy atom. The number of nitrogens with zero attached hydrogens (tertiary/aromatic N) is 1. The van der Waals surface area contributed by atoms with E-state index in [2.05, 4.69) is 11.4 Å². The van der Waals surface area contributed by atoms with Crippen LogP contribution >= 0.6 is 23.1 Å². The van der Waals surface area contributed by atoms with Crippen LogP contribution in [-0.2, 0) is 17.8 Å². The summed E-state index contributed by atoms with van der Waals surface area (Å²) in [6.45, 7) is 4.25. The van der Waals surface area contributed by atoms with Crippen LogP contribution in [0.2, 0.25) is 0 Å². The van der Waals surface area contributed by atoms with Gasteiger partial charge in [-0.1, -0.05) is 0 Å². The molecule has 3 rings (SSSR count). The van der Waals surface area contributed by atoms with E-state index in [1.165, 1.54) is 10.4 Å². The van der Waals surface area contributed by atoms with Crippen molar-refractivity contribution in [3.8, 4) is 5.75 Å². The van der Waals surface area contributed by atoms with Crippen molar-refractivity contribution in [2.45, 2.75) is 24.8 Å². The van der Waals surface area contributed by atoms with Gasteiger partial charge in [-0.2, -0.15) is 0 Å². The van der Waals surface area contributed by atoms with E-state index >= 15 is 0 Å². The highest BCUT2D eigenvalue weighted by Gasteiger charge is 2.21. The van der Waals surface area contributed by atoms with E-state index in [0.29, 0.717) is 12.4 Å². The van der Waals surface area contributed by atoms with E-state index in [1.807, 2.05) is 36.1 Å². The first-order valence-corrected chi connectivity index (χ1v) is 9.31. The number of carbonyl (C=O) groups is 1. The molecule has 22 heavy (non-hydrogen) atoms. The van der Waals surface area contributed by atoms with Gasteiger partial charge in [0, 0.05) is 22.9 Å². The highest BCUT2D eigenvalue weighted by molar-refractivity contribution is 8.00. The molecule has 1 aromatic carbocycles. The van der Waals surface area contributed by atoms with E-state index in [9.17, 15) is 4.79 Å². The molecule has 0 fully saturated rings. The first kappa shape index (κ1) is 15.4. The molecule has 0 radical (unpaired) electrons. The van der Waals surface area contributed by atoms with Crippen molar-refractivity contribution in [1.29, 1.82) is 0 Å². The summed E-state index contributed by atoms with van der Waals surface area (Å²) in [5.74, 6) is 1.59. The lowest BCUT2D eigenvalue weighted by atomic mass is 10.1. The SMILES string of the molecule is CCOc1ccc(SCC(=O)N2CCc3sccc3C2)cc1. The number of rotatable bonds is 5. The highest BCUT2D eigenvalue weighted by atomic mass is 32.2. The summed E-state index contributed by atoms with van der Waals surface area (Å²) in [4.78, 5) is 16.9. The Morgan fingerprint density at radius 2 is 2.14 bits per heavy atom. The van der Waals surface area contributed by atoms with Crippen LogP contribution < -0.4 is 4.74 Å². The lowest BCUT2D eigenvalue weighted by Crippen LogP contribution is -2.36. The Morgan fingerprint density at radius 1 is 1.32 bits per heavy atom. The molecular formula is C17H19NO2S2. The number of fused-ring (bicyclic) bond motifs is 1. The Bertz CT molecular complexity index is 636. The maximum atomic E-state index is 12.4. The molecular weight excluding hydrogens is 314 g/mol. The smallest absolute Gasteiger partial charge is 0.233 e. The summed E-state index contributed by atoms with van der Waals surface area (Å²) in [5.41, 5.74) is 1.32. The molecule has 0 saturated heterocycles. The summed E-state index contributed by atoms with van der Waals surface area (Å²) < 4.78 is 5.42. The second-order valence-electron chi connectivity index (χ2n) is 5.13. The fraction of sp³-hybridized carbons (Fsp3) is 0.353. The summed E-state index contributed by atoms with van der Waals surface area (Å²) in [6.07, 6.45) is 0.993. The van der Waals surface area contributed by atoms with Gasteiger partial charge >= 0.3 is 0 Å².